The van der Waals surface area contributed by atoms with Gasteiger partial charge in [0.25, 0.3) is 0 Å². The van der Waals surface area contributed by atoms with Crippen molar-refractivity contribution in [2.75, 3.05) is 19.6 Å². The molecule has 2 nitrogen and oxygen atoms in total. The fourth-order valence-corrected chi connectivity index (χ4v) is 2.71. The summed E-state index contributed by atoms with van der Waals surface area (Å²) in [6.07, 6.45) is 3.09. The molecule has 0 aliphatic carbocycles. The van der Waals surface area contributed by atoms with Crippen LogP contribution in [0.1, 0.15) is 37.9 Å². The summed E-state index contributed by atoms with van der Waals surface area (Å²) < 4.78 is 1.06. The molecule has 1 aliphatic heterocycles. The molecule has 1 unspecified atom stereocenters. The van der Waals surface area contributed by atoms with E-state index in [1.165, 1.54) is 25.9 Å². The largest absolute Gasteiger partial charge is 0.388 e. The summed E-state index contributed by atoms with van der Waals surface area (Å²) in [5.74, 6) is 0.873. The van der Waals surface area contributed by atoms with Gasteiger partial charge in [-0.15, -0.1) is 0 Å². The third-order valence-electron chi connectivity index (χ3n) is 3.85. The molecule has 1 atom stereocenters. The topological polar surface area (TPSA) is 23.5 Å². The van der Waals surface area contributed by atoms with E-state index in [9.17, 15) is 5.11 Å². The van der Waals surface area contributed by atoms with Gasteiger partial charge < -0.3 is 10.0 Å². The lowest BCUT2D eigenvalue weighted by atomic mass is 9.98. The maximum atomic E-state index is 10.2. The predicted molar refractivity (Wildman–Crippen MR) is 78.6 cm³/mol. The van der Waals surface area contributed by atoms with Crippen molar-refractivity contribution in [1.82, 2.24) is 4.90 Å². The number of hydrogen-bond acceptors (Lipinski definition) is 2. The third kappa shape index (κ3) is 4.08. The van der Waals surface area contributed by atoms with Crippen LogP contribution >= 0.6 is 15.9 Å². The average molecular weight is 312 g/mol. The monoisotopic (exact) mass is 311 g/mol. The predicted octanol–water partition coefficient (Wildman–Crippen LogP) is 3.60. The van der Waals surface area contributed by atoms with Crippen LogP contribution < -0.4 is 0 Å². The quantitative estimate of drug-likeness (QED) is 0.918. The van der Waals surface area contributed by atoms with Crippen molar-refractivity contribution in [2.45, 2.75) is 32.3 Å². The molecule has 0 radical (unpaired) electrons. The van der Waals surface area contributed by atoms with Crippen LogP contribution in [0.25, 0.3) is 0 Å². The highest BCUT2D eigenvalue weighted by Gasteiger charge is 2.16. The first-order valence-electron chi connectivity index (χ1n) is 6.81. The Morgan fingerprint density at radius 1 is 1.28 bits per heavy atom. The van der Waals surface area contributed by atoms with Crippen LogP contribution in [0.4, 0.5) is 0 Å². The van der Waals surface area contributed by atoms with Gasteiger partial charge in [-0.3, -0.25) is 0 Å². The minimum atomic E-state index is -0.336. The molecule has 0 spiro atoms. The Balaban J connectivity index is 1.77. The third-order valence-corrected chi connectivity index (χ3v) is 4.38. The van der Waals surface area contributed by atoms with E-state index in [1.54, 1.807) is 0 Å². The van der Waals surface area contributed by atoms with Crippen molar-refractivity contribution in [1.29, 1.82) is 0 Å². The van der Waals surface area contributed by atoms with Crippen molar-refractivity contribution in [3.05, 3.63) is 34.3 Å². The van der Waals surface area contributed by atoms with Crippen molar-refractivity contribution in [3.63, 3.8) is 0 Å². The molecule has 18 heavy (non-hydrogen) atoms. The van der Waals surface area contributed by atoms with Gasteiger partial charge in [-0.25, -0.2) is 0 Å². The summed E-state index contributed by atoms with van der Waals surface area (Å²) in [7, 11) is 0. The summed E-state index contributed by atoms with van der Waals surface area (Å²) in [5, 5.41) is 10.2. The Hall–Kier alpha value is -0.380. The SMILES string of the molecule is CC1CCN(CCC(O)c2ccc(Br)cc2)CC1. The van der Waals surface area contributed by atoms with E-state index in [0.717, 1.165) is 28.9 Å². The Bertz CT molecular complexity index is 357. The Labute approximate surface area is 118 Å². The van der Waals surface area contributed by atoms with Gasteiger partial charge in [0.1, 0.15) is 0 Å². The number of halogens is 1. The van der Waals surface area contributed by atoms with Crippen LogP contribution in [0.5, 0.6) is 0 Å². The number of nitrogens with zero attached hydrogens (tertiary/aromatic N) is 1. The zero-order valence-electron chi connectivity index (χ0n) is 11.0. The summed E-state index contributed by atoms with van der Waals surface area (Å²) in [5.41, 5.74) is 1.02. The number of likely N-dealkylation sites (tertiary alicyclic amines) is 1. The molecule has 1 aromatic carbocycles. The summed E-state index contributed by atoms with van der Waals surface area (Å²) in [6, 6.07) is 7.96. The van der Waals surface area contributed by atoms with Crippen molar-refractivity contribution >= 4 is 15.9 Å². The van der Waals surface area contributed by atoms with Crippen molar-refractivity contribution < 1.29 is 5.11 Å². The van der Waals surface area contributed by atoms with E-state index in [-0.39, 0.29) is 6.10 Å². The molecule has 0 bridgehead atoms. The van der Waals surface area contributed by atoms with Crippen LogP contribution in [0, 0.1) is 5.92 Å². The molecule has 1 N–H and O–H groups in total. The molecule has 0 aromatic heterocycles. The fourth-order valence-electron chi connectivity index (χ4n) is 2.44. The first kappa shape index (κ1) is 14.0. The maximum absolute atomic E-state index is 10.2. The number of piperidine rings is 1. The summed E-state index contributed by atoms with van der Waals surface area (Å²) >= 11 is 3.41. The maximum Gasteiger partial charge on any atom is 0.0802 e. The van der Waals surface area contributed by atoms with Crippen LogP contribution in [-0.4, -0.2) is 29.6 Å². The molecule has 1 heterocycles. The van der Waals surface area contributed by atoms with Gasteiger partial charge in [-0.05, 0) is 56.0 Å². The molecule has 0 saturated carbocycles. The van der Waals surface area contributed by atoms with Crippen LogP contribution in [0.2, 0.25) is 0 Å². The Morgan fingerprint density at radius 3 is 2.50 bits per heavy atom. The molecular weight excluding hydrogens is 290 g/mol. The Morgan fingerprint density at radius 2 is 1.89 bits per heavy atom. The summed E-state index contributed by atoms with van der Waals surface area (Å²) in [4.78, 5) is 2.47. The van der Waals surface area contributed by atoms with Crippen LogP contribution in [0.15, 0.2) is 28.7 Å². The minimum absolute atomic E-state index is 0.336. The number of aliphatic hydroxyl groups excluding tert-OH is 1. The lowest BCUT2D eigenvalue weighted by Crippen LogP contribution is -2.34. The zero-order valence-corrected chi connectivity index (χ0v) is 12.6. The standard InChI is InChI=1S/C15H22BrNO/c1-12-6-9-17(10-7-12)11-8-15(18)13-2-4-14(16)5-3-13/h2-5,12,15,18H,6-11H2,1H3. The molecule has 3 heteroatoms. The van der Waals surface area contributed by atoms with Gasteiger partial charge in [0.2, 0.25) is 0 Å². The highest BCUT2D eigenvalue weighted by molar-refractivity contribution is 9.10. The minimum Gasteiger partial charge on any atom is -0.388 e. The molecule has 1 aromatic rings. The molecule has 1 aliphatic rings. The van der Waals surface area contributed by atoms with Gasteiger partial charge in [0, 0.05) is 11.0 Å². The molecule has 1 saturated heterocycles. The second kappa shape index (κ2) is 6.69. The van der Waals surface area contributed by atoms with Gasteiger partial charge in [-0.1, -0.05) is 35.0 Å². The molecule has 2 rings (SSSR count). The van der Waals surface area contributed by atoms with E-state index < -0.39 is 0 Å². The van der Waals surface area contributed by atoms with E-state index in [4.69, 9.17) is 0 Å². The summed E-state index contributed by atoms with van der Waals surface area (Å²) in [6.45, 7) is 5.71. The first-order chi connectivity index (χ1) is 8.65. The van der Waals surface area contributed by atoms with Gasteiger partial charge in [-0.2, -0.15) is 0 Å². The molecule has 0 amide bonds. The molecular formula is C15H22BrNO. The van der Waals surface area contributed by atoms with Crippen molar-refractivity contribution in [3.8, 4) is 0 Å². The second-order valence-corrected chi connectivity index (χ2v) is 6.30. The molecule has 1 fully saturated rings. The number of hydrogen-bond donors (Lipinski definition) is 1. The second-order valence-electron chi connectivity index (χ2n) is 5.38. The highest BCUT2D eigenvalue weighted by Crippen LogP contribution is 2.21. The zero-order chi connectivity index (χ0) is 13.0. The lowest BCUT2D eigenvalue weighted by Gasteiger charge is -2.30. The normalized spacial score (nSPS) is 19.9. The van der Waals surface area contributed by atoms with Gasteiger partial charge in [0.15, 0.2) is 0 Å². The number of rotatable bonds is 4. The van der Waals surface area contributed by atoms with E-state index >= 15 is 0 Å². The van der Waals surface area contributed by atoms with Crippen LogP contribution in [0.3, 0.4) is 0 Å². The number of aliphatic hydroxyl groups is 1. The van der Waals surface area contributed by atoms with Crippen LogP contribution in [-0.2, 0) is 0 Å². The van der Waals surface area contributed by atoms with Gasteiger partial charge in [0.05, 0.1) is 6.10 Å². The lowest BCUT2D eigenvalue weighted by molar-refractivity contribution is 0.125. The smallest absolute Gasteiger partial charge is 0.0802 e. The van der Waals surface area contributed by atoms with E-state index in [1.807, 2.05) is 24.3 Å². The van der Waals surface area contributed by atoms with Crippen molar-refractivity contribution in [2.24, 2.45) is 5.92 Å². The van der Waals surface area contributed by atoms with Gasteiger partial charge >= 0.3 is 0 Å². The first-order valence-corrected chi connectivity index (χ1v) is 7.60. The Kier molecular flexibility index (Phi) is 5.22. The average Bonchev–Trinajstić information content (AvgIpc) is 2.38. The molecule has 100 valence electrons. The fraction of sp³-hybridized carbons (Fsp3) is 0.600. The van der Waals surface area contributed by atoms with E-state index in [2.05, 4.69) is 27.8 Å². The number of benzene rings is 1. The van der Waals surface area contributed by atoms with E-state index in [0.29, 0.717) is 0 Å². The highest BCUT2D eigenvalue weighted by atomic mass is 79.9.